The summed E-state index contributed by atoms with van der Waals surface area (Å²) in [6.45, 7) is 2.92. The molecule has 0 bridgehead atoms. The molecule has 0 aliphatic heterocycles. The van der Waals surface area contributed by atoms with E-state index in [0.29, 0.717) is 19.0 Å². The van der Waals surface area contributed by atoms with Gasteiger partial charge >= 0.3 is 0 Å². The first kappa shape index (κ1) is 14.2. The largest absolute Gasteiger partial charge is 0.354 e. The van der Waals surface area contributed by atoms with Crippen molar-refractivity contribution in [3.8, 4) is 0 Å². The zero-order chi connectivity index (χ0) is 14.5. The Balaban J connectivity index is 2.19. The minimum atomic E-state index is -0.509. The quantitative estimate of drug-likeness (QED) is 0.913. The van der Waals surface area contributed by atoms with E-state index in [-0.39, 0.29) is 11.6 Å². The molecule has 1 aromatic heterocycles. The summed E-state index contributed by atoms with van der Waals surface area (Å²) in [5.74, 6) is -0.270. The van der Waals surface area contributed by atoms with Crippen LogP contribution < -0.4 is 10.2 Å². The predicted octanol–water partition coefficient (Wildman–Crippen LogP) is 2.82. The fourth-order valence-electron chi connectivity index (χ4n) is 1.85. The molecule has 1 N–H and O–H groups in total. The Labute approximate surface area is 116 Å². The summed E-state index contributed by atoms with van der Waals surface area (Å²) in [5, 5.41) is 2.93. The molecule has 0 unspecified atom stereocenters. The van der Waals surface area contributed by atoms with E-state index in [0.717, 1.165) is 11.8 Å². The fraction of sp³-hybridized carbons (Fsp3) is 0.286. The van der Waals surface area contributed by atoms with Gasteiger partial charge in [0.25, 0.3) is 0 Å². The lowest BCUT2D eigenvalue weighted by Gasteiger charge is -2.19. The number of halogens is 2. The van der Waals surface area contributed by atoms with Crippen LogP contribution in [0.15, 0.2) is 30.5 Å². The van der Waals surface area contributed by atoms with E-state index < -0.39 is 5.82 Å². The number of benzene rings is 1. The van der Waals surface area contributed by atoms with Crippen molar-refractivity contribution in [3.63, 3.8) is 0 Å². The first-order chi connectivity index (χ1) is 9.60. The lowest BCUT2D eigenvalue weighted by Crippen LogP contribution is -2.20. The maximum Gasteiger partial charge on any atom is 0.224 e. The van der Waals surface area contributed by atoms with Gasteiger partial charge < -0.3 is 10.2 Å². The van der Waals surface area contributed by atoms with Gasteiger partial charge in [-0.25, -0.2) is 13.8 Å². The summed E-state index contributed by atoms with van der Waals surface area (Å²) in [6, 6.07) is 6.20. The van der Waals surface area contributed by atoms with Crippen LogP contribution in [0, 0.1) is 11.6 Å². The van der Waals surface area contributed by atoms with Gasteiger partial charge in [0.2, 0.25) is 5.95 Å². The molecule has 0 aliphatic carbocycles. The molecule has 0 spiro atoms. The average molecular weight is 278 g/mol. The molecule has 0 radical (unpaired) electrons. The zero-order valence-corrected chi connectivity index (χ0v) is 11.4. The number of hydrogen-bond donors (Lipinski definition) is 1. The van der Waals surface area contributed by atoms with E-state index in [1.54, 1.807) is 24.1 Å². The SMILES string of the molecule is CCNc1ncc(F)c(N(C)Cc2cccc(F)c2)n1. The second-order valence-corrected chi connectivity index (χ2v) is 4.38. The van der Waals surface area contributed by atoms with Crippen LogP contribution in [-0.4, -0.2) is 23.6 Å². The van der Waals surface area contributed by atoms with Crippen LogP contribution in [-0.2, 0) is 6.54 Å². The molecule has 0 fully saturated rings. The molecule has 0 aliphatic rings. The summed E-state index contributed by atoms with van der Waals surface area (Å²) >= 11 is 0. The highest BCUT2D eigenvalue weighted by Gasteiger charge is 2.12. The Bertz CT molecular complexity index is 589. The number of nitrogens with zero attached hydrogens (tertiary/aromatic N) is 3. The zero-order valence-electron chi connectivity index (χ0n) is 11.4. The van der Waals surface area contributed by atoms with Crippen LogP contribution >= 0.6 is 0 Å². The highest BCUT2D eigenvalue weighted by molar-refractivity contribution is 5.43. The molecule has 106 valence electrons. The number of anilines is 2. The van der Waals surface area contributed by atoms with Gasteiger partial charge in [0.05, 0.1) is 6.20 Å². The molecule has 2 rings (SSSR count). The van der Waals surface area contributed by atoms with E-state index in [1.165, 1.54) is 12.1 Å². The van der Waals surface area contributed by atoms with Crippen molar-refractivity contribution in [1.82, 2.24) is 9.97 Å². The maximum absolute atomic E-state index is 13.8. The molecule has 2 aromatic rings. The van der Waals surface area contributed by atoms with Crippen molar-refractivity contribution < 1.29 is 8.78 Å². The highest BCUT2D eigenvalue weighted by Crippen LogP contribution is 2.18. The van der Waals surface area contributed by atoms with E-state index >= 15 is 0 Å². The molecule has 6 heteroatoms. The Morgan fingerprint density at radius 2 is 2.10 bits per heavy atom. The Morgan fingerprint density at radius 3 is 2.80 bits per heavy atom. The third-order valence-corrected chi connectivity index (χ3v) is 2.73. The smallest absolute Gasteiger partial charge is 0.224 e. The molecule has 0 amide bonds. The molecule has 20 heavy (non-hydrogen) atoms. The fourth-order valence-corrected chi connectivity index (χ4v) is 1.85. The van der Waals surface area contributed by atoms with Crippen molar-refractivity contribution in [3.05, 3.63) is 47.7 Å². The van der Waals surface area contributed by atoms with E-state index in [4.69, 9.17) is 0 Å². The van der Waals surface area contributed by atoms with E-state index in [2.05, 4.69) is 15.3 Å². The minimum Gasteiger partial charge on any atom is -0.354 e. The summed E-state index contributed by atoms with van der Waals surface area (Å²) in [5.41, 5.74) is 0.746. The first-order valence-electron chi connectivity index (χ1n) is 6.32. The second kappa shape index (κ2) is 6.27. The molecule has 0 saturated heterocycles. The van der Waals surface area contributed by atoms with Crippen LogP contribution in [0.25, 0.3) is 0 Å². The average Bonchev–Trinajstić information content (AvgIpc) is 2.41. The normalized spacial score (nSPS) is 10.4. The number of aromatic nitrogens is 2. The number of hydrogen-bond acceptors (Lipinski definition) is 4. The molecule has 1 aromatic carbocycles. The van der Waals surface area contributed by atoms with Crippen molar-refractivity contribution >= 4 is 11.8 Å². The van der Waals surface area contributed by atoms with Crippen LogP contribution in [0.5, 0.6) is 0 Å². The minimum absolute atomic E-state index is 0.181. The Hall–Kier alpha value is -2.24. The lowest BCUT2D eigenvalue weighted by molar-refractivity contribution is 0.606. The highest BCUT2D eigenvalue weighted by atomic mass is 19.1. The van der Waals surface area contributed by atoms with Crippen molar-refractivity contribution in [2.45, 2.75) is 13.5 Å². The third-order valence-electron chi connectivity index (χ3n) is 2.73. The van der Waals surface area contributed by atoms with Crippen LogP contribution in [0.2, 0.25) is 0 Å². The third kappa shape index (κ3) is 3.40. The number of rotatable bonds is 5. The van der Waals surface area contributed by atoms with Gasteiger partial charge in [-0.3, -0.25) is 0 Å². The van der Waals surface area contributed by atoms with Gasteiger partial charge in [0.15, 0.2) is 11.6 Å². The lowest BCUT2D eigenvalue weighted by atomic mass is 10.2. The summed E-state index contributed by atoms with van der Waals surface area (Å²) in [4.78, 5) is 9.58. The molecule has 0 atom stereocenters. The topological polar surface area (TPSA) is 41.1 Å². The monoisotopic (exact) mass is 278 g/mol. The standard InChI is InChI=1S/C14H16F2N4/c1-3-17-14-18-8-12(16)13(19-14)20(2)9-10-5-4-6-11(15)7-10/h4-8H,3,9H2,1-2H3,(H,17,18,19). The van der Waals surface area contributed by atoms with Gasteiger partial charge in [-0.1, -0.05) is 12.1 Å². The van der Waals surface area contributed by atoms with Crippen LogP contribution in [0.1, 0.15) is 12.5 Å². The van der Waals surface area contributed by atoms with E-state index in [9.17, 15) is 8.78 Å². The van der Waals surface area contributed by atoms with Gasteiger partial charge in [-0.05, 0) is 24.6 Å². The van der Waals surface area contributed by atoms with Crippen molar-refractivity contribution in [2.24, 2.45) is 0 Å². The summed E-state index contributed by atoms with van der Waals surface area (Å²) < 4.78 is 26.9. The van der Waals surface area contributed by atoms with Crippen molar-refractivity contribution in [1.29, 1.82) is 0 Å². The Morgan fingerprint density at radius 1 is 1.30 bits per heavy atom. The van der Waals surface area contributed by atoms with Gasteiger partial charge in [-0.15, -0.1) is 0 Å². The predicted molar refractivity (Wildman–Crippen MR) is 74.7 cm³/mol. The molecular weight excluding hydrogens is 262 g/mol. The number of nitrogens with one attached hydrogen (secondary N) is 1. The molecule has 4 nitrogen and oxygen atoms in total. The van der Waals surface area contributed by atoms with Gasteiger partial charge in [0.1, 0.15) is 5.82 Å². The molecular formula is C14H16F2N4. The molecule has 1 heterocycles. The van der Waals surface area contributed by atoms with Gasteiger partial charge in [0, 0.05) is 20.1 Å². The van der Waals surface area contributed by atoms with Crippen LogP contribution in [0.3, 0.4) is 0 Å². The molecule has 0 saturated carbocycles. The summed E-state index contributed by atoms with van der Waals surface area (Å²) in [6.07, 6.45) is 1.13. The maximum atomic E-state index is 13.8. The van der Waals surface area contributed by atoms with E-state index in [1.807, 2.05) is 6.92 Å². The van der Waals surface area contributed by atoms with Crippen molar-refractivity contribution in [2.75, 3.05) is 23.8 Å². The van der Waals surface area contributed by atoms with Crippen LogP contribution in [0.4, 0.5) is 20.5 Å². The second-order valence-electron chi connectivity index (χ2n) is 4.38. The Kier molecular flexibility index (Phi) is 4.45. The van der Waals surface area contributed by atoms with Gasteiger partial charge in [-0.2, -0.15) is 4.98 Å². The summed E-state index contributed by atoms with van der Waals surface area (Å²) in [7, 11) is 1.70. The first-order valence-corrected chi connectivity index (χ1v) is 6.32.